The van der Waals surface area contributed by atoms with Crippen molar-refractivity contribution in [1.29, 1.82) is 0 Å². The molecule has 8 heteroatoms. The second-order valence-electron chi connectivity index (χ2n) is 7.24. The molecule has 8 nitrogen and oxygen atoms in total. The number of benzene rings is 2. The van der Waals surface area contributed by atoms with Gasteiger partial charge in [0.2, 0.25) is 5.91 Å². The Morgan fingerprint density at radius 3 is 2.58 bits per heavy atom. The highest BCUT2D eigenvalue weighted by atomic mass is 16.5. The number of ether oxygens (including phenoxy) is 1. The van der Waals surface area contributed by atoms with Gasteiger partial charge < -0.3 is 20.8 Å². The van der Waals surface area contributed by atoms with Gasteiger partial charge in [-0.3, -0.25) is 14.7 Å². The van der Waals surface area contributed by atoms with Crippen LogP contribution in [0.15, 0.2) is 48.5 Å². The second kappa shape index (κ2) is 8.35. The van der Waals surface area contributed by atoms with Crippen molar-refractivity contribution in [3.05, 3.63) is 65.5 Å². The molecule has 158 valence electrons. The summed E-state index contributed by atoms with van der Waals surface area (Å²) in [5.74, 6) is -0.141. The van der Waals surface area contributed by atoms with Gasteiger partial charge in [0.15, 0.2) is 5.69 Å². The Bertz CT molecular complexity index is 1250. The first-order valence-corrected chi connectivity index (χ1v) is 9.86. The predicted octanol–water partition coefficient (Wildman–Crippen LogP) is 3.55. The van der Waals surface area contributed by atoms with E-state index < -0.39 is 5.91 Å². The fourth-order valence-corrected chi connectivity index (χ4v) is 3.66. The highest BCUT2D eigenvalue weighted by molar-refractivity contribution is 6.02. The third-order valence-corrected chi connectivity index (χ3v) is 5.24. The van der Waals surface area contributed by atoms with Crippen molar-refractivity contribution in [2.24, 2.45) is 5.73 Å². The molecule has 0 saturated heterocycles. The average Bonchev–Trinajstić information content (AvgIpc) is 3.33. The van der Waals surface area contributed by atoms with E-state index in [1.54, 1.807) is 14.0 Å². The summed E-state index contributed by atoms with van der Waals surface area (Å²) in [4.78, 5) is 27.7. The molecule has 2 amide bonds. The van der Waals surface area contributed by atoms with E-state index >= 15 is 0 Å². The van der Waals surface area contributed by atoms with Crippen LogP contribution in [0.2, 0.25) is 0 Å². The number of fused-ring (bicyclic) bond motifs is 1. The molecule has 2 heterocycles. The van der Waals surface area contributed by atoms with E-state index in [9.17, 15) is 9.59 Å². The Kier molecular flexibility index (Phi) is 5.44. The number of amides is 2. The summed E-state index contributed by atoms with van der Waals surface area (Å²) in [6.45, 7) is 1.72. The summed E-state index contributed by atoms with van der Waals surface area (Å²) in [7, 11) is 1.63. The lowest BCUT2D eigenvalue weighted by molar-refractivity contribution is -0.116. The Balaban J connectivity index is 1.60. The average molecular weight is 417 g/mol. The van der Waals surface area contributed by atoms with Crippen molar-refractivity contribution in [3.8, 4) is 17.0 Å². The molecule has 0 radical (unpaired) electrons. The largest absolute Gasteiger partial charge is 0.497 e. The van der Waals surface area contributed by atoms with E-state index in [2.05, 4.69) is 20.5 Å². The minimum Gasteiger partial charge on any atom is -0.497 e. The maximum absolute atomic E-state index is 12.7. The molecule has 0 unspecified atom stereocenters. The summed E-state index contributed by atoms with van der Waals surface area (Å²) in [5.41, 5.74) is 10.3. The summed E-state index contributed by atoms with van der Waals surface area (Å²) in [6, 6.07) is 15.8. The Morgan fingerprint density at radius 2 is 1.87 bits per heavy atom. The van der Waals surface area contributed by atoms with Gasteiger partial charge in [-0.1, -0.05) is 18.2 Å². The number of aryl methyl sites for hydroxylation is 2. The zero-order chi connectivity index (χ0) is 22.0. The van der Waals surface area contributed by atoms with E-state index in [0.29, 0.717) is 17.8 Å². The monoisotopic (exact) mass is 417 g/mol. The first-order chi connectivity index (χ1) is 15.0. The second-order valence-corrected chi connectivity index (χ2v) is 7.24. The van der Waals surface area contributed by atoms with Crippen LogP contribution in [-0.4, -0.2) is 34.1 Å². The van der Waals surface area contributed by atoms with Crippen LogP contribution in [0, 0.1) is 6.92 Å². The quantitative estimate of drug-likeness (QED) is 0.367. The zero-order valence-corrected chi connectivity index (χ0v) is 17.3. The molecule has 0 aliphatic heterocycles. The van der Waals surface area contributed by atoms with E-state index in [4.69, 9.17) is 10.5 Å². The van der Waals surface area contributed by atoms with Crippen molar-refractivity contribution in [2.75, 3.05) is 12.4 Å². The lowest BCUT2D eigenvalue weighted by Gasteiger charge is -2.08. The van der Waals surface area contributed by atoms with Crippen molar-refractivity contribution >= 4 is 28.4 Å². The molecule has 4 aromatic rings. The summed E-state index contributed by atoms with van der Waals surface area (Å²) in [6.07, 6.45) is 0.744. The molecule has 0 bridgehead atoms. The van der Waals surface area contributed by atoms with Gasteiger partial charge in [0.05, 0.1) is 18.5 Å². The van der Waals surface area contributed by atoms with Crippen molar-refractivity contribution in [2.45, 2.75) is 19.8 Å². The number of H-pyrrole nitrogens is 2. The van der Waals surface area contributed by atoms with E-state index in [1.807, 2.05) is 48.5 Å². The Labute approximate surface area is 178 Å². The number of rotatable bonds is 7. The number of nitrogens with zero attached hydrogens (tertiary/aromatic N) is 1. The molecule has 2 aromatic carbocycles. The molecule has 0 saturated carbocycles. The van der Waals surface area contributed by atoms with Crippen molar-refractivity contribution < 1.29 is 14.3 Å². The topological polar surface area (TPSA) is 126 Å². The lowest BCUT2D eigenvalue weighted by atomic mass is 10.0. The van der Waals surface area contributed by atoms with Gasteiger partial charge in [-0.05, 0) is 54.8 Å². The van der Waals surface area contributed by atoms with Gasteiger partial charge in [0.25, 0.3) is 5.91 Å². The van der Waals surface area contributed by atoms with Crippen LogP contribution in [0.25, 0.3) is 22.2 Å². The van der Waals surface area contributed by atoms with E-state index in [0.717, 1.165) is 33.5 Å². The molecule has 0 fully saturated rings. The number of carbonyl (C=O) groups excluding carboxylic acids is 2. The summed E-state index contributed by atoms with van der Waals surface area (Å²) >= 11 is 0. The molecular formula is C23H23N5O3. The van der Waals surface area contributed by atoms with Crippen molar-refractivity contribution in [3.63, 3.8) is 0 Å². The molecular weight excluding hydrogens is 394 g/mol. The molecule has 5 N–H and O–H groups in total. The zero-order valence-electron chi connectivity index (χ0n) is 17.3. The highest BCUT2D eigenvalue weighted by Gasteiger charge is 2.19. The summed E-state index contributed by atoms with van der Waals surface area (Å²) < 4.78 is 5.26. The number of carbonyl (C=O) groups is 2. The normalized spacial score (nSPS) is 10.9. The third-order valence-electron chi connectivity index (χ3n) is 5.24. The molecule has 0 aliphatic rings. The number of nitrogens with one attached hydrogen (secondary N) is 3. The SMILES string of the molecule is COc1ccc(-c2[nH]c3ccccc3c2CCC(=O)Nc2c(C(N)=O)n[nH]c2C)cc1. The lowest BCUT2D eigenvalue weighted by Crippen LogP contribution is -2.18. The number of nitrogens with two attached hydrogens (primary N) is 1. The maximum atomic E-state index is 12.7. The van der Waals surface area contributed by atoms with Crippen LogP contribution < -0.4 is 15.8 Å². The number of primary amides is 1. The smallest absolute Gasteiger partial charge is 0.271 e. The maximum Gasteiger partial charge on any atom is 0.271 e. The van der Waals surface area contributed by atoms with Crippen LogP contribution in [0.4, 0.5) is 5.69 Å². The molecule has 0 atom stereocenters. The minimum atomic E-state index is -0.696. The molecule has 0 aliphatic carbocycles. The fraction of sp³-hybridized carbons (Fsp3) is 0.174. The standard InChI is InChI=1S/C23H23N5O3/c1-13-20(22(23(24)30)28-27-13)26-19(29)12-11-17-16-5-3-4-6-18(16)25-21(17)14-7-9-15(31-2)10-8-14/h3-10,25H,11-12H2,1-2H3,(H2,24,30)(H,26,29)(H,27,28). The van der Waals surface area contributed by atoms with E-state index in [1.165, 1.54) is 0 Å². The number of para-hydroxylation sites is 1. The molecule has 2 aromatic heterocycles. The van der Waals surface area contributed by atoms with Gasteiger partial charge in [-0.2, -0.15) is 5.10 Å². The molecule has 31 heavy (non-hydrogen) atoms. The molecule has 4 rings (SSSR count). The number of aromatic amines is 2. The Hall–Kier alpha value is -4.07. The summed E-state index contributed by atoms with van der Waals surface area (Å²) in [5, 5.41) is 10.4. The molecule has 0 spiro atoms. The van der Waals surface area contributed by atoms with E-state index in [-0.39, 0.29) is 18.0 Å². The van der Waals surface area contributed by atoms with Crippen molar-refractivity contribution in [1.82, 2.24) is 15.2 Å². The minimum absolute atomic E-state index is 0.0249. The van der Waals surface area contributed by atoms with Gasteiger partial charge in [0.1, 0.15) is 5.75 Å². The number of hydrogen-bond acceptors (Lipinski definition) is 4. The van der Waals surface area contributed by atoms with Crippen LogP contribution in [-0.2, 0) is 11.2 Å². The van der Waals surface area contributed by atoms with Gasteiger partial charge in [-0.25, -0.2) is 0 Å². The Morgan fingerprint density at radius 1 is 1.13 bits per heavy atom. The van der Waals surface area contributed by atoms with Gasteiger partial charge in [-0.15, -0.1) is 0 Å². The van der Waals surface area contributed by atoms with Crippen LogP contribution in [0.1, 0.15) is 28.2 Å². The van der Waals surface area contributed by atoms with Crippen LogP contribution in [0.5, 0.6) is 5.75 Å². The number of anilines is 1. The van der Waals surface area contributed by atoms with Crippen LogP contribution in [0.3, 0.4) is 0 Å². The fourth-order valence-electron chi connectivity index (χ4n) is 3.66. The highest BCUT2D eigenvalue weighted by Crippen LogP contribution is 2.32. The number of hydrogen-bond donors (Lipinski definition) is 4. The van der Waals surface area contributed by atoms with Crippen LogP contribution >= 0.6 is 0 Å². The van der Waals surface area contributed by atoms with Gasteiger partial charge in [0, 0.05) is 23.0 Å². The predicted molar refractivity (Wildman–Crippen MR) is 119 cm³/mol. The first-order valence-electron chi connectivity index (χ1n) is 9.86. The third kappa shape index (κ3) is 4.00. The number of methoxy groups -OCH3 is 1. The van der Waals surface area contributed by atoms with Gasteiger partial charge >= 0.3 is 0 Å². The first kappa shape index (κ1) is 20.2. The number of aromatic nitrogens is 3.